The molecule has 0 radical (unpaired) electrons. The Morgan fingerprint density at radius 3 is 2.96 bits per heavy atom. The van der Waals surface area contributed by atoms with Gasteiger partial charge in [-0.3, -0.25) is 0 Å². The minimum Gasteiger partial charge on any atom is -0.376 e. The molecule has 25 heavy (non-hydrogen) atoms. The maximum absolute atomic E-state index is 14.0. The molecule has 3 rings (SSSR count). The maximum Gasteiger partial charge on any atom is 0.126 e. The predicted octanol–water partition coefficient (Wildman–Crippen LogP) is 3.89. The average Bonchev–Trinajstić information content (AvgIpc) is 2.60. The van der Waals surface area contributed by atoms with Crippen LogP contribution in [0.5, 0.6) is 0 Å². The van der Waals surface area contributed by atoms with Crippen molar-refractivity contribution in [3.05, 3.63) is 46.1 Å². The van der Waals surface area contributed by atoms with Gasteiger partial charge in [0.1, 0.15) is 12.0 Å². The molecule has 5 nitrogen and oxygen atoms in total. The monoisotopic (exact) mass is 350 g/mol. The number of halogens is 2. The fourth-order valence-electron chi connectivity index (χ4n) is 3.91. The quantitative estimate of drug-likeness (QED) is 0.459. The van der Waals surface area contributed by atoms with Gasteiger partial charge >= 0.3 is 0 Å². The summed E-state index contributed by atoms with van der Waals surface area (Å²) in [6, 6.07) is 6.14. The second-order valence-electron chi connectivity index (χ2n) is 6.97. The number of nitrogens with zero attached hydrogens (tertiary/aromatic N) is 4. The molecule has 0 aliphatic carbocycles. The molecule has 0 bridgehead atoms. The fourth-order valence-corrected chi connectivity index (χ4v) is 3.91. The van der Waals surface area contributed by atoms with E-state index in [9.17, 15) is 8.78 Å². The summed E-state index contributed by atoms with van der Waals surface area (Å²) in [5.41, 5.74) is 9.43. The second-order valence-corrected chi connectivity index (χ2v) is 6.97. The van der Waals surface area contributed by atoms with Gasteiger partial charge in [0.05, 0.1) is 12.1 Å². The standard InChI is InChI=1S/C18H24F2N4O/c19-15-6-2-1-5-14(15)10-13-4-3-8-24(11-13)12-17-18(22-23-21)16(20)7-9-25-17/h1-2,5-6,13,16-18H,3-4,7-12H2/t13?,16-,17+,18+/m0/s1. The maximum atomic E-state index is 14.0. The largest absolute Gasteiger partial charge is 0.376 e. The van der Waals surface area contributed by atoms with Gasteiger partial charge in [-0.2, -0.15) is 0 Å². The Morgan fingerprint density at radius 2 is 2.16 bits per heavy atom. The second kappa shape index (κ2) is 8.61. The minimum atomic E-state index is -1.14. The Kier molecular flexibility index (Phi) is 6.24. The van der Waals surface area contributed by atoms with Crippen molar-refractivity contribution in [3.8, 4) is 0 Å². The van der Waals surface area contributed by atoms with Crippen LogP contribution in [-0.2, 0) is 11.2 Å². The topological polar surface area (TPSA) is 61.2 Å². The van der Waals surface area contributed by atoms with E-state index in [1.165, 1.54) is 6.07 Å². The number of ether oxygens (including phenoxy) is 1. The van der Waals surface area contributed by atoms with E-state index in [4.69, 9.17) is 10.3 Å². The van der Waals surface area contributed by atoms with Crippen LogP contribution in [0.15, 0.2) is 29.4 Å². The van der Waals surface area contributed by atoms with Crippen LogP contribution < -0.4 is 0 Å². The molecule has 0 saturated carbocycles. The number of hydrogen-bond donors (Lipinski definition) is 0. The number of alkyl halides is 1. The lowest BCUT2D eigenvalue weighted by molar-refractivity contribution is -0.0532. The van der Waals surface area contributed by atoms with Crippen molar-refractivity contribution in [3.63, 3.8) is 0 Å². The molecule has 2 aliphatic rings. The zero-order chi connectivity index (χ0) is 17.6. The molecular weight excluding hydrogens is 326 g/mol. The summed E-state index contributed by atoms with van der Waals surface area (Å²) in [5.74, 6) is 0.215. The van der Waals surface area contributed by atoms with Crippen LogP contribution in [0.2, 0.25) is 0 Å². The summed E-state index contributed by atoms with van der Waals surface area (Å²) in [7, 11) is 0. The van der Waals surface area contributed by atoms with Crippen LogP contribution in [0, 0.1) is 11.7 Å². The van der Waals surface area contributed by atoms with Gasteiger partial charge in [-0.05, 0) is 48.9 Å². The molecular formula is C18H24F2N4O. The molecule has 2 fully saturated rings. The third-order valence-corrected chi connectivity index (χ3v) is 5.17. The third-order valence-electron chi connectivity index (χ3n) is 5.17. The van der Waals surface area contributed by atoms with Gasteiger partial charge < -0.3 is 9.64 Å². The van der Waals surface area contributed by atoms with Gasteiger partial charge in [-0.15, -0.1) is 0 Å². The van der Waals surface area contributed by atoms with Crippen LogP contribution >= 0.6 is 0 Å². The normalized spacial score (nSPS) is 30.6. The fraction of sp³-hybridized carbons (Fsp3) is 0.667. The smallest absolute Gasteiger partial charge is 0.126 e. The summed E-state index contributed by atoms with van der Waals surface area (Å²) in [5, 5.41) is 3.61. The highest BCUT2D eigenvalue weighted by molar-refractivity contribution is 5.18. The highest BCUT2D eigenvalue weighted by atomic mass is 19.1. The first kappa shape index (κ1) is 18.1. The van der Waals surface area contributed by atoms with Gasteiger partial charge in [0.15, 0.2) is 0 Å². The van der Waals surface area contributed by atoms with Crippen molar-refractivity contribution in [1.82, 2.24) is 4.90 Å². The molecule has 2 heterocycles. The van der Waals surface area contributed by atoms with Gasteiger partial charge in [-0.1, -0.05) is 23.3 Å². The lowest BCUT2D eigenvalue weighted by Crippen LogP contribution is -2.49. The molecule has 1 unspecified atom stereocenters. The van der Waals surface area contributed by atoms with E-state index in [1.54, 1.807) is 6.07 Å². The summed E-state index contributed by atoms with van der Waals surface area (Å²) in [6.07, 6.45) is 1.51. The molecule has 0 aromatic heterocycles. The van der Waals surface area contributed by atoms with E-state index >= 15 is 0 Å². The molecule has 1 aromatic rings. The number of hydrogen-bond acceptors (Lipinski definition) is 3. The summed E-state index contributed by atoms with van der Waals surface area (Å²) < 4.78 is 33.6. The van der Waals surface area contributed by atoms with Crippen molar-refractivity contribution in [2.45, 2.75) is 44.0 Å². The molecule has 2 aliphatic heterocycles. The molecule has 2 saturated heterocycles. The molecule has 136 valence electrons. The number of likely N-dealkylation sites (tertiary alicyclic amines) is 1. The molecule has 7 heteroatoms. The van der Waals surface area contributed by atoms with E-state index < -0.39 is 18.3 Å². The summed E-state index contributed by atoms with van der Waals surface area (Å²) >= 11 is 0. The first-order valence-electron chi connectivity index (χ1n) is 8.93. The van der Waals surface area contributed by atoms with Gasteiger partial charge in [0.2, 0.25) is 0 Å². The average molecular weight is 350 g/mol. The molecule has 0 amide bonds. The molecule has 1 aromatic carbocycles. The Morgan fingerprint density at radius 1 is 1.32 bits per heavy atom. The summed E-state index contributed by atoms with van der Waals surface area (Å²) in [4.78, 5) is 5.01. The number of azide groups is 1. The number of piperidine rings is 1. The highest BCUT2D eigenvalue weighted by Crippen LogP contribution is 2.26. The first-order valence-corrected chi connectivity index (χ1v) is 8.93. The van der Waals surface area contributed by atoms with E-state index in [0.717, 1.165) is 31.5 Å². The van der Waals surface area contributed by atoms with Gasteiger partial charge in [0, 0.05) is 31.0 Å². The zero-order valence-corrected chi connectivity index (χ0v) is 14.2. The lowest BCUT2D eigenvalue weighted by Gasteiger charge is -2.38. The van der Waals surface area contributed by atoms with E-state index in [2.05, 4.69) is 14.9 Å². The van der Waals surface area contributed by atoms with Crippen molar-refractivity contribution in [2.75, 3.05) is 26.2 Å². The molecule has 4 atom stereocenters. The van der Waals surface area contributed by atoms with Crippen LogP contribution in [0.3, 0.4) is 0 Å². The van der Waals surface area contributed by atoms with Crippen molar-refractivity contribution in [2.24, 2.45) is 11.0 Å². The van der Waals surface area contributed by atoms with Crippen molar-refractivity contribution in [1.29, 1.82) is 0 Å². The Bertz CT molecular complexity index is 623. The van der Waals surface area contributed by atoms with Crippen LogP contribution in [0.1, 0.15) is 24.8 Å². The van der Waals surface area contributed by atoms with Crippen LogP contribution in [0.25, 0.3) is 10.4 Å². The zero-order valence-electron chi connectivity index (χ0n) is 14.2. The Balaban J connectivity index is 1.59. The third kappa shape index (κ3) is 4.69. The Hall–Kier alpha value is -1.69. The van der Waals surface area contributed by atoms with E-state index in [-0.39, 0.29) is 12.2 Å². The van der Waals surface area contributed by atoms with E-state index in [1.807, 2.05) is 12.1 Å². The molecule has 0 spiro atoms. The minimum absolute atomic E-state index is 0.154. The first-order chi connectivity index (χ1) is 12.2. The van der Waals surface area contributed by atoms with Gasteiger partial charge in [-0.25, -0.2) is 8.78 Å². The molecule has 0 N–H and O–H groups in total. The SMILES string of the molecule is [N-]=[N+]=N[C@@H]1[C@@H](F)CCO[C@@H]1CN1CCCC(Cc2ccccc2F)C1. The van der Waals surface area contributed by atoms with Crippen LogP contribution in [-0.4, -0.2) is 49.5 Å². The van der Waals surface area contributed by atoms with Crippen molar-refractivity contribution >= 4 is 0 Å². The van der Waals surface area contributed by atoms with E-state index in [0.29, 0.717) is 25.5 Å². The van der Waals surface area contributed by atoms with Crippen molar-refractivity contribution < 1.29 is 13.5 Å². The summed E-state index contributed by atoms with van der Waals surface area (Å²) in [6.45, 7) is 2.65. The Labute approximate surface area is 146 Å². The number of benzene rings is 1. The number of rotatable bonds is 5. The van der Waals surface area contributed by atoms with Crippen LogP contribution in [0.4, 0.5) is 8.78 Å². The lowest BCUT2D eigenvalue weighted by atomic mass is 9.90. The highest BCUT2D eigenvalue weighted by Gasteiger charge is 2.35. The van der Waals surface area contributed by atoms with Gasteiger partial charge in [0.25, 0.3) is 0 Å². The predicted molar refractivity (Wildman–Crippen MR) is 91.5 cm³/mol.